The predicted molar refractivity (Wildman–Crippen MR) is 87.7 cm³/mol. The van der Waals surface area contributed by atoms with Gasteiger partial charge in [-0.3, -0.25) is 0 Å². The number of hydrogen-bond acceptors (Lipinski definition) is 4. The predicted octanol–water partition coefficient (Wildman–Crippen LogP) is 4.50. The summed E-state index contributed by atoms with van der Waals surface area (Å²) in [6, 6.07) is 8.31. The Balaban J connectivity index is 2.17. The van der Waals surface area contributed by atoms with Crippen molar-refractivity contribution in [1.82, 2.24) is 9.97 Å². The van der Waals surface area contributed by atoms with Gasteiger partial charge in [0.1, 0.15) is 17.3 Å². The lowest BCUT2D eigenvalue weighted by molar-refractivity contribution is 0.336. The molecule has 0 amide bonds. The van der Waals surface area contributed by atoms with Crippen LogP contribution in [0.2, 0.25) is 5.28 Å². The van der Waals surface area contributed by atoms with Crippen LogP contribution in [0.5, 0.6) is 11.5 Å². The van der Waals surface area contributed by atoms with Gasteiger partial charge in [0.05, 0.1) is 19.2 Å². The summed E-state index contributed by atoms with van der Waals surface area (Å²) in [5.74, 6) is 0.814. The van der Waals surface area contributed by atoms with E-state index in [1.54, 1.807) is 37.6 Å². The number of aromatic nitrogens is 2. The summed E-state index contributed by atoms with van der Waals surface area (Å²) in [6.45, 7) is 2.40. The van der Waals surface area contributed by atoms with Crippen LogP contribution < -0.4 is 9.47 Å². The van der Waals surface area contributed by atoms with Crippen LogP contribution in [0.1, 0.15) is 6.92 Å². The Labute approximate surface area is 137 Å². The second kappa shape index (κ2) is 6.38. The molecule has 0 unspecified atom stereocenters. The maximum atomic E-state index is 14.5. The van der Waals surface area contributed by atoms with Crippen LogP contribution in [-0.2, 0) is 0 Å². The van der Waals surface area contributed by atoms with E-state index in [-0.39, 0.29) is 5.28 Å². The van der Waals surface area contributed by atoms with Gasteiger partial charge >= 0.3 is 0 Å². The van der Waals surface area contributed by atoms with Gasteiger partial charge < -0.3 is 9.47 Å². The number of nitrogens with zero attached hydrogens (tertiary/aromatic N) is 2. The molecule has 1 aromatic heterocycles. The van der Waals surface area contributed by atoms with Crippen molar-refractivity contribution >= 4 is 22.5 Å². The summed E-state index contributed by atoms with van der Waals surface area (Å²) in [5.41, 5.74) is 1.53. The smallest absolute Gasteiger partial charge is 0.222 e. The number of fused-ring (bicyclic) bond motifs is 1. The van der Waals surface area contributed by atoms with Gasteiger partial charge in [-0.25, -0.2) is 14.4 Å². The molecule has 2 aromatic carbocycles. The van der Waals surface area contributed by atoms with Crippen molar-refractivity contribution in [3.63, 3.8) is 0 Å². The fourth-order valence-corrected chi connectivity index (χ4v) is 2.49. The number of benzene rings is 2. The maximum Gasteiger partial charge on any atom is 0.222 e. The molecule has 0 radical (unpaired) electrons. The Kier molecular flexibility index (Phi) is 4.30. The molecular weight excluding hydrogens is 319 g/mol. The number of methoxy groups -OCH3 is 1. The summed E-state index contributed by atoms with van der Waals surface area (Å²) < 4.78 is 25.3. The molecule has 4 nitrogen and oxygen atoms in total. The van der Waals surface area contributed by atoms with E-state index in [1.165, 1.54) is 6.07 Å². The lowest BCUT2D eigenvalue weighted by Crippen LogP contribution is -1.95. The SMILES string of the molecule is CCOc1cc(OC)cc(-c2cc3cnc(Cl)nc3cc2F)c1. The van der Waals surface area contributed by atoms with Gasteiger partial charge in [0.2, 0.25) is 5.28 Å². The van der Waals surface area contributed by atoms with Gasteiger partial charge in [0.15, 0.2) is 0 Å². The molecule has 0 N–H and O–H groups in total. The fraction of sp³-hybridized carbons (Fsp3) is 0.176. The van der Waals surface area contributed by atoms with Crippen molar-refractivity contribution in [1.29, 1.82) is 0 Å². The fourth-order valence-electron chi connectivity index (χ4n) is 2.35. The van der Waals surface area contributed by atoms with Crippen LogP contribution in [0, 0.1) is 5.82 Å². The first kappa shape index (κ1) is 15.5. The molecule has 0 spiro atoms. The Morgan fingerprint density at radius 3 is 2.65 bits per heavy atom. The van der Waals surface area contributed by atoms with Crippen molar-refractivity contribution < 1.29 is 13.9 Å². The van der Waals surface area contributed by atoms with Crippen LogP contribution in [-0.4, -0.2) is 23.7 Å². The van der Waals surface area contributed by atoms with Gasteiger partial charge in [0.25, 0.3) is 0 Å². The van der Waals surface area contributed by atoms with Gasteiger partial charge in [0, 0.05) is 29.3 Å². The molecule has 0 bridgehead atoms. The largest absolute Gasteiger partial charge is 0.497 e. The molecule has 1 heterocycles. The molecule has 3 aromatic rings. The molecule has 0 saturated heterocycles. The first-order valence-electron chi connectivity index (χ1n) is 7.04. The van der Waals surface area contributed by atoms with Crippen LogP contribution in [0.4, 0.5) is 4.39 Å². The number of hydrogen-bond donors (Lipinski definition) is 0. The first-order valence-corrected chi connectivity index (χ1v) is 7.42. The lowest BCUT2D eigenvalue weighted by Gasteiger charge is -2.11. The first-order chi connectivity index (χ1) is 11.1. The highest BCUT2D eigenvalue weighted by atomic mass is 35.5. The normalized spacial score (nSPS) is 10.8. The summed E-state index contributed by atoms with van der Waals surface area (Å²) in [7, 11) is 1.56. The van der Waals surface area contributed by atoms with Crippen molar-refractivity contribution in [2.45, 2.75) is 6.92 Å². The molecule has 0 saturated carbocycles. The van der Waals surface area contributed by atoms with E-state index in [0.717, 1.165) is 0 Å². The molecule has 118 valence electrons. The molecule has 0 aliphatic carbocycles. The second-order valence-corrected chi connectivity index (χ2v) is 5.20. The minimum atomic E-state index is -0.400. The number of rotatable bonds is 4. The Hall–Kier alpha value is -2.40. The zero-order valence-corrected chi connectivity index (χ0v) is 13.4. The van der Waals surface area contributed by atoms with E-state index < -0.39 is 5.82 Å². The highest BCUT2D eigenvalue weighted by Crippen LogP contribution is 2.33. The van der Waals surface area contributed by atoms with E-state index in [4.69, 9.17) is 21.1 Å². The zero-order chi connectivity index (χ0) is 16.4. The number of ether oxygens (including phenoxy) is 2. The molecule has 0 aliphatic heterocycles. The average Bonchev–Trinajstić information content (AvgIpc) is 2.54. The third-order valence-electron chi connectivity index (χ3n) is 3.38. The summed E-state index contributed by atoms with van der Waals surface area (Å²) in [5, 5.41) is 0.788. The van der Waals surface area contributed by atoms with E-state index >= 15 is 0 Å². The van der Waals surface area contributed by atoms with Gasteiger partial charge in [-0.2, -0.15) is 0 Å². The monoisotopic (exact) mass is 332 g/mol. The van der Waals surface area contributed by atoms with Crippen molar-refractivity contribution in [2.24, 2.45) is 0 Å². The van der Waals surface area contributed by atoms with Gasteiger partial charge in [-0.1, -0.05) is 0 Å². The molecule has 6 heteroatoms. The molecular formula is C17H14ClFN2O2. The standard InChI is InChI=1S/C17H14ClFN2O2/c1-3-23-13-5-10(4-12(7-13)22-2)14-6-11-9-20-17(18)21-16(11)8-15(14)19/h4-9H,3H2,1-2H3. The Morgan fingerprint density at radius 2 is 1.91 bits per heavy atom. The van der Waals surface area contributed by atoms with Crippen LogP contribution in [0.15, 0.2) is 36.5 Å². The van der Waals surface area contributed by atoms with E-state index in [9.17, 15) is 4.39 Å². The maximum absolute atomic E-state index is 14.5. The molecule has 3 rings (SSSR count). The molecule has 0 atom stereocenters. The molecule has 0 fully saturated rings. The van der Waals surface area contributed by atoms with Crippen molar-refractivity contribution in [3.8, 4) is 22.6 Å². The average molecular weight is 333 g/mol. The van der Waals surface area contributed by atoms with Crippen molar-refractivity contribution in [2.75, 3.05) is 13.7 Å². The zero-order valence-electron chi connectivity index (χ0n) is 12.6. The Morgan fingerprint density at radius 1 is 1.13 bits per heavy atom. The van der Waals surface area contributed by atoms with Crippen molar-refractivity contribution in [3.05, 3.63) is 47.6 Å². The topological polar surface area (TPSA) is 44.2 Å². The second-order valence-electron chi connectivity index (χ2n) is 4.86. The Bertz CT molecular complexity index is 871. The van der Waals surface area contributed by atoms with E-state index in [0.29, 0.717) is 40.1 Å². The van der Waals surface area contributed by atoms with Crippen LogP contribution >= 0.6 is 11.6 Å². The van der Waals surface area contributed by atoms with Gasteiger partial charge in [-0.15, -0.1) is 0 Å². The third-order valence-corrected chi connectivity index (χ3v) is 3.56. The van der Waals surface area contributed by atoms with Crippen LogP contribution in [0.3, 0.4) is 0 Å². The summed E-state index contributed by atoms with van der Waals surface area (Å²) >= 11 is 5.75. The minimum Gasteiger partial charge on any atom is -0.497 e. The number of halogens is 2. The van der Waals surface area contributed by atoms with E-state index in [2.05, 4.69) is 9.97 Å². The van der Waals surface area contributed by atoms with E-state index in [1.807, 2.05) is 6.92 Å². The highest BCUT2D eigenvalue weighted by Gasteiger charge is 2.12. The van der Waals surface area contributed by atoms with Gasteiger partial charge in [-0.05, 0) is 42.3 Å². The quantitative estimate of drug-likeness (QED) is 0.660. The third kappa shape index (κ3) is 3.19. The lowest BCUT2D eigenvalue weighted by atomic mass is 10.0. The van der Waals surface area contributed by atoms with Crippen LogP contribution in [0.25, 0.3) is 22.0 Å². The molecule has 23 heavy (non-hydrogen) atoms. The molecule has 0 aliphatic rings. The summed E-state index contributed by atoms with van der Waals surface area (Å²) in [4.78, 5) is 7.95. The minimum absolute atomic E-state index is 0.0877. The highest BCUT2D eigenvalue weighted by molar-refractivity contribution is 6.28. The summed E-state index contributed by atoms with van der Waals surface area (Å²) in [6.07, 6.45) is 1.57.